The van der Waals surface area contributed by atoms with Crippen molar-refractivity contribution in [3.8, 4) is 5.75 Å². The number of rotatable bonds is 9. The Morgan fingerprint density at radius 3 is 2.03 bits per heavy atom. The van der Waals surface area contributed by atoms with Gasteiger partial charge in [0.2, 0.25) is 0 Å². The van der Waals surface area contributed by atoms with Gasteiger partial charge in [0.05, 0.1) is 0 Å². The average Bonchev–Trinajstić information content (AvgIpc) is 2.76. The predicted molar refractivity (Wildman–Crippen MR) is 116 cm³/mol. The van der Waals surface area contributed by atoms with E-state index in [0.29, 0.717) is 12.3 Å². The van der Waals surface area contributed by atoms with Crippen molar-refractivity contribution in [2.24, 2.45) is 23.7 Å². The maximum atomic E-state index is 13.2. The van der Waals surface area contributed by atoms with Gasteiger partial charge in [-0.25, -0.2) is 8.78 Å². The van der Waals surface area contributed by atoms with Crippen molar-refractivity contribution in [3.05, 3.63) is 29.8 Å². The Morgan fingerprint density at radius 2 is 1.47 bits per heavy atom. The molecule has 0 bridgehead atoms. The topological polar surface area (TPSA) is 26.3 Å². The summed E-state index contributed by atoms with van der Waals surface area (Å²) in [4.78, 5) is 12.0. The normalized spacial score (nSPS) is 27.0. The van der Waals surface area contributed by atoms with E-state index < -0.39 is 11.6 Å². The van der Waals surface area contributed by atoms with E-state index in [2.05, 4.69) is 6.92 Å². The fraction of sp³-hybridized carbons (Fsp3) is 0.731. The highest BCUT2D eigenvalue weighted by Gasteiger charge is 2.30. The lowest BCUT2D eigenvalue weighted by molar-refractivity contribution is -0.134. The molecule has 0 heterocycles. The highest BCUT2D eigenvalue weighted by atomic mass is 19.2. The van der Waals surface area contributed by atoms with Crippen molar-refractivity contribution in [2.45, 2.75) is 96.8 Å². The number of carbonyl (C=O) groups is 1. The number of esters is 1. The van der Waals surface area contributed by atoms with Gasteiger partial charge in [-0.3, -0.25) is 4.79 Å². The third-order valence-corrected chi connectivity index (χ3v) is 7.54. The van der Waals surface area contributed by atoms with E-state index >= 15 is 0 Å². The number of benzene rings is 1. The summed E-state index contributed by atoms with van der Waals surface area (Å²) in [6.07, 6.45) is 17.5. The van der Waals surface area contributed by atoms with E-state index in [0.717, 1.165) is 36.3 Å². The van der Waals surface area contributed by atoms with Gasteiger partial charge in [-0.05, 0) is 67.9 Å². The van der Waals surface area contributed by atoms with Crippen LogP contribution in [0.2, 0.25) is 0 Å². The van der Waals surface area contributed by atoms with Crippen LogP contribution >= 0.6 is 0 Å². The molecule has 0 spiro atoms. The third-order valence-electron chi connectivity index (χ3n) is 7.54. The Labute approximate surface area is 180 Å². The fourth-order valence-corrected chi connectivity index (χ4v) is 5.62. The molecule has 3 rings (SSSR count). The predicted octanol–water partition coefficient (Wildman–Crippen LogP) is 7.84. The molecule has 0 amide bonds. The lowest BCUT2D eigenvalue weighted by Gasteiger charge is -2.38. The molecule has 2 aliphatic carbocycles. The first-order valence-electron chi connectivity index (χ1n) is 12.2. The van der Waals surface area contributed by atoms with Gasteiger partial charge < -0.3 is 4.74 Å². The quantitative estimate of drug-likeness (QED) is 0.231. The molecule has 0 aliphatic heterocycles. The van der Waals surface area contributed by atoms with Crippen LogP contribution in [0.4, 0.5) is 8.78 Å². The Bertz CT molecular complexity index is 659. The number of ether oxygens (including phenoxy) is 1. The number of hydrogen-bond donors (Lipinski definition) is 0. The van der Waals surface area contributed by atoms with Gasteiger partial charge in [0.25, 0.3) is 0 Å². The molecule has 2 saturated carbocycles. The summed E-state index contributed by atoms with van der Waals surface area (Å²) in [6, 6.07) is 3.20. The Kier molecular flexibility index (Phi) is 9.14. The van der Waals surface area contributed by atoms with Gasteiger partial charge in [0.15, 0.2) is 11.6 Å². The molecule has 2 fully saturated rings. The molecule has 4 heteroatoms. The van der Waals surface area contributed by atoms with Crippen LogP contribution in [0.1, 0.15) is 96.8 Å². The lowest BCUT2D eigenvalue weighted by atomic mass is 9.68. The SMILES string of the molecule is CCCCCC1CCC(C2CCC(CCC(=O)Oc3ccc(F)c(F)c3)CC2)CC1. The minimum atomic E-state index is -0.992. The molecule has 0 N–H and O–H groups in total. The zero-order chi connectivity index (χ0) is 21.3. The molecule has 1 aromatic carbocycles. The minimum absolute atomic E-state index is 0.0768. The summed E-state index contributed by atoms with van der Waals surface area (Å²) >= 11 is 0. The van der Waals surface area contributed by atoms with E-state index in [-0.39, 0.29) is 11.7 Å². The second-order valence-corrected chi connectivity index (χ2v) is 9.65. The van der Waals surface area contributed by atoms with Gasteiger partial charge in [0.1, 0.15) is 5.75 Å². The van der Waals surface area contributed by atoms with Crippen molar-refractivity contribution in [1.29, 1.82) is 0 Å². The zero-order valence-electron chi connectivity index (χ0n) is 18.5. The molecule has 0 saturated heterocycles. The van der Waals surface area contributed by atoms with Crippen molar-refractivity contribution in [1.82, 2.24) is 0 Å². The van der Waals surface area contributed by atoms with E-state index in [4.69, 9.17) is 4.74 Å². The van der Waals surface area contributed by atoms with Crippen LogP contribution in [0.3, 0.4) is 0 Å². The summed E-state index contributed by atoms with van der Waals surface area (Å²) in [7, 11) is 0. The lowest BCUT2D eigenvalue weighted by Crippen LogP contribution is -2.26. The van der Waals surface area contributed by atoms with Crippen LogP contribution in [0.5, 0.6) is 5.75 Å². The minimum Gasteiger partial charge on any atom is -0.426 e. The monoisotopic (exact) mass is 420 g/mol. The molecule has 0 unspecified atom stereocenters. The van der Waals surface area contributed by atoms with Crippen LogP contribution in [0.15, 0.2) is 18.2 Å². The highest BCUT2D eigenvalue weighted by Crippen LogP contribution is 2.43. The van der Waals surface area contributed by atoms with Crippen LogP contribution in [0, 0.1) is 35.3 Å². The number of hydrogen-bond acceptors (Lipinski definition) is 2. The molecular formula is C26H38F2O2. The fourth-order valence-electron chi connectivity index (χ4n) is 5.62. The summed E-state index contributed by atoms with van der Waals surface area (Å²) in [5.74, 6) is 1.16. The van der Waals surface area contributed by atoms with Crippen molar-refractivity contribution in [3.63, 3.8) is 0 Å². The van der Waals surface area contributed by atoms with Gasteiger partial charge in [-0.15, -0.1) is 0 Å². The third kappa shape index (κ3) is 7.06. The first-order valence-corrected chi connectivity index (χ1v) is 12.2. The molecule has 168 valence electrons. The smallest absolute Gasteiger partial charge is 0.311 e. The zero-order valence-corrected chi connectivity index (χ0v) is 18.5. The van der Waals surface area contributed by atoms with Crippen molar-refractivity contribution < 1.29 is 18.3 Å². The van der Waals surface area contributed by atoms with Crippen LogP contribution in [-0.4, -0.2) is 5.97 Å². The second kappa shape index (κ2) is 11.8. The summed E-state index contributed by atoms with van der Waals surface area (Å²) in [6.45, 7) is 2.28. The Hall–Kier alpha value is -1.45. The summed E-state index contributed by atoms with van der Waals surface area (Å²) in [5.41, 5.74) is 0. The van der Waals surface area contributed by atoms with Gasteiger partial charge in [-0.2, -0.15) is 0 Å². The van der Waals surface area contributed by atoms with E-state index in [1.54, 1.807) is 0 Å². The van der Waals surface area contributed by atoms with E-state index in [1.807, 2.05) is 0 Å². The number of unbranched alkanes of at least 4 members (excludes halogenated alkanes) is 2. The van der Waals surface area contributed by atoms with Crippen molar-refractivity contribution in [2.75, 3.05) is 0 Å². The standard InChI is InChI=1S/C26H38F2O2/c1-2-3-4-5-19-6-11-21(12-7-19)22-13-8-20(9-14-22)10-17-26(29)30-23-15-16-24(27)25(28)18-23/h15-16,18-22H,2-14,17H2,1H3. The van der Waals surface area contributed by atoms with Crippen LogP contribution in [0.25, 0.3) is 0 Å². The van der Waals surface area contributed by atoms with Gasteiger partial charge in [-0.1, -0.05) is 58.3 Å². The van der Waals surface area contributed by atoms with Crippen molar-refractivity contribution >= 4 is 5.97 Å². The Balaban J connectivity index is 1.31. The molecule has 2 aliphatic rings. The highest BCUT2D eigenvalue weighted by molar-refractivity contribution is 5.72. The maximum absolute atomic E-state index is 13.2. The first kappa shape index (κ1) is 23.2. The molecular weight excluding hydrogens is 382 g/mol. The number of halogens is 2. The average molecular weight is 421 g/mol. The summed E-state index contributed by atoms with van der Waals surface area (Å²) in [5, 5.41) is 0. The van der Waals surface area contributed by atoms with Crippen LogP contribution < -0.4 is 4.74 Å². The largest absolute Gasteiger partial charge is 0.426 e. The van der Waals surface area contributed by atoms with Crippen LogP contribution in [-0.2, 0) is 4.79 Å². The molecule has 2 nitrogen and oxygen atoms in total. The molecule has 30 heavy (non-hydrogen) atoms. The molecule has 0 aromatic heterocycles. The van der Waals surface area contributed by atoms with Gasteiger partial charge >= 0.3 is 5.97 Å². The van der Waals surface area contributed by atoms with E-state index in [1.165, 1.54) is 83.1 Å². The molecule has 1 aromatic rings. The summed E-state index contributed by atoms with van der Waals surface area (Å²) < 4.78 is 31.3. The molecule has 0 atom stereocenters. The Morgan fingerprint density at radius 1 is 0.867 bits per heavy atom. The molecule has 0 radical (unpaired) electrons. The second-order valence-electron chi connectivity index (χ2n) is 9.65. The van der Waals surface area contributed by atoms with E-state index in [9.17, 15) is 13.6 Å². The van der Waals surface area contributed by atoms with Gasteiger partial charge in [0, 0.05) is 12.5 Å². The maximum Gasteiger partial charge on any atom is 0.311 e. The number of carbonyl (C=O) groups excluding carboxylic acids is 1. The first-order chi connectivity index (χ1) is 14.5.